The van der Waals surface area contributed by atoms with Gasteiger partial charge in [-0.15, -0.1) is 0 Å². The van der Waals surface area contributed by atoms with E-state index in [4.69, 9.17) is 0 Å². The molecule has 0 bridgehead atoms. The third-order valence-corrected chi connectivity index (χ3v) is 3.94. The van der Waals surface area contributed by atoms with E-state index in [0.717, 1.165) is 25.9 Å². The number of anilines is 1. The van der Waals surface area contributed by atoms with Gasteiger partial charge in [0.05, 0.1) is 0 Å². The molecule has 1 heteroatoms. The summed E-state index contributed by atoms with van der Waals surface area (Å²) in [6.45, 7) is 4.22. The molecule has 3 rings (SSSR count). The van der Waals surface area contributed by atoms with Crippen molar-refractivity contribution in [1.29, 1.82) is 0 Å². The Balaban J connectivity index is 1.59. The standard InChI is InChI=1S/C19H21N/c1-16-4-6-17(7-5-16)8-9-18-10-12-19(13-11-18)20-14-2-3-15-20/h2-7,10-13H,8-9,14-15H2,1H3. The molecule has 102 valence electrons. The fraction of sp³-hybridized carbons (Fsp3) is 0.263. The number of nitrogens with zero attached hydrogens (tertiary/aromatic N) is 1. The Hall–Kier alpha value is -2.02. The zero-order chi connectivity index (χ0) is 13.8. The third kappa shape index (κ3) is 3.11. The molecule has 0 atom stereocenters. The molecule has 0 saturated carbocycles. The second-order valence-electron chi connectivity index (χ2n) is 5.53. The molecule has 0 spiro atoms. The largest absolute Gasteiger partial charge is 0.364 e. The minimum Gasteiger partial charge on any atom is -0.364 e. The minimum atomic E-state index is 1.04. The second-order valence-corrected chi connectivity index (χ2v) is 5.53. The van der Waals surface area contributed by atoms with E-state index in [2.05, 4.69) is 72.5 Å². The molecule has 1 aliphatic rings. The predicted molar refractivity (Wildman–Crippen MR) is 86.4 cm³/mol. The Kier molecular flexibility index (Phi) is 3.87. The van der Waals surface area contributed by atoms with E-state index >= 15 is 0 Å². The first-order valence-corrected chi connectivity index (χ1v) is 7.36. The van der Waals surface area contributed by atoms with Crippen LogP contribution in [0.3, 0.4) is 0 Å². The lowest BCUT2D eigenvalue weighted by Crippen LogP contribution is -2.18. The second kappa shape index (κ2) is 5.96. The van der Waals surface area contributed by atoms with Crippen LogP contribution < -0.4 is 4.90 Å². The van der Waals surface area contributed by atoms with Gasteiger partial charge >= 0.3 is 0 Å². The molecule has 2 aromatic carbocycles. The third-order valence-electron chi connectivity index (χ3n) is 3.94. The summed E-state index contributed by atoms with van der Waals surface area (Å²) in [7, 11) is 0. The van der Waals surface area contributed by atoms with Crippen LogP contribution in [0.2, 0.25) is 0 Å². The van der Waals surface area contributed by atoms with Gasteiger partial charge in [0.1, 0.15) is 0 Å². The molecular weight excluding hydrogens is 242 g/mol. The molecule has 1 aliphatic heterocycles. The summed E-state index contributed by atoms with van der Waals surface area (Å²) in [5.74, 6) is 0. The summed E-state index contributed by atoms with van der Waals surface area (Å²) in [4.78, 5) is 2.38. The Morgan fingerprint density at radius 3 is 1.80 bits per heavy atom. The Morgan fingerprint density at radius 1 is 0.750 bits per heavy atom. The van der Waals surface area contributed by atoms with Gasteiger partial charge in [0.25, 0.3) is 0 Å². The van der Waals surface area contributed by atoms with Gasteiger partial charge in [-0.25, -0.2) is 0 Å². The highest BCUT2D eigenvalue weighted by Gasteiger charge is 2.06. The summed E-state index contributed by atoms with van der Waals surface area (Å²) in [6, 6.07) is 17.9. The fourth-order valence-corrected chi connectivity index (χ4v) is 2.61. The lowest BCUT2D eigenvalue weighted by molar-refractivity contribution is 0.954. The van der Waals surface area contributed by atoms with Crippen LogP contribution in [0.5, 0.6) is 0 Å². The van der Waals surface area contributed by atoms with Crippen molar-refractivity contribution in [1.82, 2.24) is 0 Å². The maximum Gasteiger partial charge on any atom is 0.0372 e. The molecule has 0 aliphatic carbocycles. The molecule has 0 N–H and O–H groups in total. The molecule has 1 nitrogen and oxygen atoms in total. The van der Waals surface area contributed by atoms with Crippen LogP contribution in [-0.2, 0) is 12.8 Å². The van der Waals surface area contributed by atoms with Crippen LogP contribution in [0.1, 0.15) is 16.7 Å². The zero-order valence-electron chi connectivity index (χ0n) is 12.0. The first-order valence-electron chi connectivity index (χ1n) is 7.36. The molecular formula is C19H21N. The van der Waals surface area contributed by atoms with Crippen LogP contribution in [0.25, 0.3) is 0 Å². The van der Waals surface area contributed by atoms with Gasteiger partial charge in [0.15, 0.2) is 0 Å². The lowest BCUT2D eigenvalue weighted by atomic mass is 10.0. The van der Waals surface area contributed by atoms with Crippen LogP contribution >= 0.6 is 0 Å². The predicted octanol–water partition coefficient (Wildman–Crippen LogP) is 4.16. The van der Waals surface area contributed by atoms with E-state index in [1.807, 2.05) is 0 Å². The summed E-state index contributed by atoms with van der Waals surface area (Å²) in [5.41, 5.74) is 5.50. The van der Waals surface area contributed by atoms with Crippen LogP contribution in [-0.4, -0.2) is 13.1 Å². The zero-order valence-corrected chi connectivity index (χ0v) is 12.0. The molecule has 2 aromatic rings. The van der Waals surface area contributed by atoms with Crippen molar-refractivity contribution in [3.05, 3.63) is 77.4 Å². The average Bonchev–Trinajstić information content (AvgIpc) is 3.01. The highest BCUT2D eigenvalue weighted by molar-refractivity contribution is 5.50. The van der Waals surface area contributed by atoms with Crippen molar-refractivity contribution in [2.24, 2.45) is 0 Å². The maximum absolute atomic E-state index is 2.38. The van der Waals surface area contributed by atoms with Gasteiger partial charge in [-0.3, -0.25) is 0 Å². The number of hydrogen-bond donors (Lipinski definition) is 0. The van der Waals surface area contributed by atoms with Gasteiger partial charge in [-0.1, -0.05) is 54.1 Å². The summed E-state index contributed by atoms with van der Waals surface area (Å²) in [6.07, 6.45) is 6.68. The number of benzene rings is 2. The Labute approximate surface area is 121 Å². The van der Waals surface area contributed by atoms with Crippen molar-refractivity contribution in [3.63, 3.8) is 0 Å². The van der Waals surface area contributed by atoms with E-state index in [0.29, 0.717) is 0 Å². The van der Waals surface area contributed by atoms with Crippen LogP contribution in [0, 0.1) is 6.92 Å². The molecule has 20 heavy (non-hydrogen) atoms. The molecule has 0 unspecified atom stereocenters. The highest BCUT2D eigenvalue weighted by Crippen LogP contribution is 2.18. The monoisotopic (exact) mass is 263 g/mol. The number of rotatable bonds is 4. The lowest BCUT2D eigenvalue weighted by Gasteiger charge is -2.17. The smallest absolute Gasteiger partial charge is 0.0372 e. The summed E-state index contributed by atoms with van der Waals surface area (Å²) < 4.78 is 0. The SMILES string of the molecule is Cc1ccc(CCc2ccc(N3CC=CC3)cc2)cc1. The van der Waals surface area contributed by atoms with Gasteiger partial charge in [-0.05, 0) is 43.0 Å². The fourth-order valence-electron chi connectivity index (χ4n) is 2.61. The Bertz CT molecular complexity index is 570. The van der Waals surface area contributed by atoms with Crippen molar-refractivity contribution in [2.45, 2.75) is 19.8 Å². The van der Waals surface area contributed by atoms with Crippen molar-refractivity contribution in [2.75, 3.05) is 18.0 Å². The molecule has 0 fully saturated rings. The highest BCUT2D eigenvalue weighted by atomic mass is 15.1. The van der Waals surface area contributed by atoms with E-state index < -0.39 is 0 Å². The number of aryl methyl sites for hydroxylation is 3. The molecule has 0 aromatic heterocycles. The first kappa shape index (κ1) is 13.0. The van der Waals surface area contributed by atoms with Crippen molar-refractivity contribution in [3.8, 4) is 0 Å². The molecule has 0 amide bonds. The van der Waals surface area contributed by atoms with Gasteiger partial charge < -0.3 is 4.90 Å². The molecule has 0 saturated heterocycles. The first-order chi connectivity index (χ1) is 9.81. The van der Waals surface area contributed by atoms with E-state index in [9.17, 15) is 0 Å². The number of hydrogen-bond acceptors (Lipinski definition) is 1. The van der Waals surface area contributed by atoms with Gasteiger partial charge in [0.2, 0.25) is 0 Å². The van der Waals surface area contributed by atoms with Crippen LogP contribution in [0.15, 0.2) is 60.7 Å². The van der Waals surface area contributed by atoms with Crippen molar-refractivity contribution >= 4 is 5.69 Å². The van der Waals surface area contributed by atoms with E-state index in [-0.39, 0.29) is 0 Å². The Morgan fingerprint density at radius 2 is 1.25 bits per heavy atom. The van der Waals surface area contributed by atoms with Crippen molar-refractivity contribution < 1.29 is 0 Å². The summed E-state index contributed by atoms with van der Waals surface area (Å²) in [5, 5.41) is 0. The quantitative estimate of drug-likeness (QED) is 0.749. The van der Waals surface area contributed by atoms with Gasteiger partial charge in [-0.2, -0.15) is 0 Å². The van der Waals surface area contributed by atoms with Gasteiger partial charge in [0, 0.05) is 18.8 Å². The normalized spacial score (nSPS) is 13.9. The van der Waals surface area contributed by atoms with E-state index in [1.54, 1.807) is 0 Å². The maximum atomic E-state index is 2.38. The summed E-state index contributed by atoms with van der Waals surface area (Å²) >= 11 is 0. The average molecular weight is 263 g/mol. The minimum absolute atomic E-state index is 1.04. The van der Waals surface area contributed by atoms with E-state index in [1.165, 1.54) is 22.4 Å². The molecule has 0 radical (unpaired) electrons. The van der Waals surface area contributed by atoms with Crippen LogP contribution in [0.4, 0.5) is 5.69 Å². The topological polar surface area (TPSA) is 3.24 Å². The molecule has 1 heterocycles.